The molecule has 1 saturated heterocycles. The largest absolute Gasteiger partial charge is 0.493 e. The van der Waals surface area contributed by atoms with Crippen molar-refractivity contribution in [3.63, 3.8) is 0 Å². The highest BCUT2D eigenvalue weighted by Crippen LogP contribution is 2.38. The zero-order valence-corrected chi connectivity index (χ0v) is 19.8. The van der Waals surface area contributed by atoms with E-state index < -0.39 is 5.97 Å². The van der Waals surface area contributed by atoms with E-state index in [9.17, 15) is 9.59 Å². The lowest BCUT2D eigenvalue weighted by Gasteiger charge is -2.29. The van der Waals surface area contributed by atoms with Crippen molar-refractivity contribution in [1.82, 2.24) is 4.90 Å². The molecule has 0 aromatic heterocycles. The molecule has 0 bridgehead atoms. The summed E-state index contributed by atoms with van der Waals surface area (Å²) >= 11 is 6.85. The molecular formula is C25H25NO4S2. The van der Waals surface area contributed by atoms with Gasteiger partial charge in [-0.25, -0.2) is 4.79 Å². The number of carbonyl (C=O) groups is 2. The number of methoxy groups -OCH3 is 1. The second-order valence-corrected chi connectivity index (χ2v) is 9.69. The number of ether oxygens (including phenoxy) is 2. The van der Waals surface area contributed by atoms with Gasteiger partial charge in [-0.15, -0.1) is 0 Å². The molecule has 4 rings (SSSR count). The lowest BCUT2D eigenvalue weighted by molar-refractivity contribution is -0.124. The summed E-state index contributed by atoms with van der Waals surface area (Å²) in [5.41, 5.74) is 2.31. The van der Waals surface area contributed by atoms with Crippen LogP contribution in [0.25, 0.3) is 6.08 Å². The quantitative estimate of drug-likeness (QED) is 0.241. The standard InChI is InChI=1S/C25H25NO4S2/c1-16-8-11-18(12-9-16)24(28)30-20-13-10-17(14-21(20)29-2)15-22-23(27)26(25(31)32-22)19-6-4-3-5-7-19/h8-15,19H,3-7H2,1-2H3. The molecule has 2 aromatic rings. The first kappa shape index (κ1) is 22.6. The molecule has 1 saturated carbocycles. The van der Waals surface area contributed by atoms with Gasteiger partial charge in [-0.1, -0.05) is 67.0 Å². The number of benzene rings is 2. The number of hydrogen-bond donors (Lipinski definition) is 0. The molecule has 1 aliphatic heterocycles. The lowest BCUT2D eigenvalue weighted by Crippen LogP contribution is -2.39. The summed E-state index contributed by atoms with van der Waals surface area (Å²) in [6.45, 7) is 1.96. The third-order valence-corrected chi connectivity index (χ3v) is 7.07. The van der Waals surface area contributed by atoms with Crippen molar-refractivity contribution >= 4 is 46.3 Å². The fraction of sp³-hybridized carbons (Fsp3) is 0.320. The predicted octanol–water partition coefficient (Wildman–Crippen LogP) is 5.76. The summed E-state index contributed by atoms with van der Waals surface area (Å²) in [6.07, 6.45) is 7.34. The van der Waals surface area contributed by atoms with E-state index in [1.54, 1.807) is 35.2 Å². The van der Waals surface area contributed by atoms with Crippen LogP contribution in [0.2, 0.25) is 0 Å². The van der Waals surface area contributed by atoms with Crippen molar-refractivity contribution in [2.45, 2.75) is 45.1 Å². The van der Waals surface area contributed by atoms with E-state index in [1.807, 2.05) is 25.1 Å². The van der Waals surface area contributed by atoms with E-state index in [-0.39, 0.29) is 11.9 Å². The van der Waals surface area contributed by atoms with Crippen LogP contribution < -0.4 is 9.47 Å². The number of carbonyl (C=O) groups excluding carboxylic acids is 2. The van der Waals surface area contributed by atoms with Crippen molar-refractivity contribution in [2.24, 2.45) is 0 Å². The first-order chi connectivity index (χ1) is 15.5. The van der Waals surface area contributed by atoms with E-state index in [1.165, 1.54) is 25.3 Å². The molecule has 0 atom stereocenters. The Morgan fingerprint density at radius 2 is 1.81 bits per heavy atom. The Morgan fingerprint density at radius 3 is 2.50 bits per heavy atom. The molecule has 1 amide bonds. The number of rotatable bonds is 5. The Hall–Kier alpha value is -2.64. The number of thioether (sulfide) groups is 1. The minimum Gasteiger partial charge on any atom is -0.493 e. The van der Waals surface area contributed by atoms with E-state index in [0.717, 1.165) is 36.8 Å². The summed E-state index contributed by atoms with van der Waals surface area (Å²) in [5, 5.41) is 0. The van der Waals surface area contributed by atoms with Crippen LogP contribution in [0.1, 0.15) is 53.6 Å². The number of amides is 1. The van der Waals surface area contributed by atoms with Crippen molar-refractivity contribution < 1.29 is 19.1 Å². The van der Waals surface area contributed by atoms with Crippen LogP contribution in [0, 0.1) is 6.92 Å². The monoisotopic (exact) mass is 467 g/mol. The highest BCUT2D eigenvalue weighted by molar-refractivity contribution is 8.26. The van der Waals surface area contributed by atoms with Gasteiger partial charge in [0.05, 0.1) is 17.6 Å². The molecule has 2 fully saturated rings. The predicted molar refractivity (Wildman–Crippen MR) is 131 cm³/mol. The highest BCUT2D eigenvalue weighted by atomic mass is 32.2. The number of hydrogen-bond acceptors (Lipinski definition) is 6. The van der Waals surface area contributed by atoms with Gasteiger partial charge in [0.25, 0.3) is 5.91 Å². The van der Waals surface area contributed by atoms with Gasteiger partial charge in [0, 0.05) is 6.04 Å². The van der Waals surface area contributed by atoms with Crippen LogP contribution in [0.5, 0.6) is 11.5 Å². The van der Waals surface area contributed by atoms with Crippen LogP contribution in [-0.4, -0.2) is 34.2 Å². The normalized spacial score (nSPS) is 18.3. The summed E-state index contributed by atoms with van der Waals surface area (Å²) in [4.78, 5) is 27.9. The van der Waals surface area contributed by atoms with Crippen LogP contribution >= 0.6 is 24.0 Å². The second-order valence-electron chi connectivity index (χ2n) is 8.01. The van der Waals surface area contributed by atoms with Crippen LogP contribution in [-0.2, 0) is 4.79 Å². The molecule has 1 aliphatic carbocycles. The van der Waals surface area contributed by atoms with Gasteiger partial charge >= 0.3 is 5.97 Å². The van der Waals surface area contributed by atoms with Crippen LogP contribution in [0.4, 0.5) is 0 Å². The summed E-state index contributed by atoms with van der Waals surface area (Å²) in [7, 11) is 1.52. The fourth-order valence-corrected chi connectivity index (χ4v) is 5.39. The first-order valence-corrected chi connectivity index (χ1v) is 11.9. The highest BCUT2D eigenvalue weighted by Gasteiger charge is 2.37. The molecule has 7 heteroatoms. The van der Waals surface area contributed by atoms with Crippen molar-refractivity contribution in [3.8, 4) is 11.5 Å². The second kappa shape index (κ2) is 9.88. The Morgan fingerprint density at radius 1 is 1.09 bits per heavy atom. The van der Waals surface area contributed by atoms with Crippen LogP contribution in [0.15, 0.2) is 47.4 Å². The molecule has 1 heterocycles. The molecule has 166 valence electrons. The molecule has 2 aliphatic rings. The third kappa shape index (κ3) is 4.89. The molecule has 5 nitrogen and oxygen atoms in total. The number of aryl methyl sites for hydroxylation is 1. The SMILES string of the molecule is COc1cc(C=C2SC(=S)N(C3CCCCC3)C2=O)ccc1OC(=O)c1ccc(C)cc1. The Labute approximate surface area is 197 Å². The van der Waals surface area contributed by atoms with Gasteiger partial charge in [-0.05, 0) is 55.7 Å². The van der Waals surface area contributed by atoms with Crippen molar-refractivity contribution in [2.75, 3.05) is 7.11 Å². The minimum absolute atomic E-state index is 0.0271. The maximum atomic E-state index is 13.0. The average Bonchev–Trinajstić information content (AvgIpc) is 3.08. The maximum absolute atomic E-state index is 13.0. The van der Waals surface area contributed by atoms with Gasteiger partial charge in [0.2, 0.25) is 0 Å². The average molecular weight is 468 g/mol. The van der Waals surface area contributed by atoms with Gasteiger partial charge < -0.3 is 9.47 Å². The zero-order chi connectivity index (χ0) is 22.7. The van der Waals surface area contributed by atoms with Crippen molar-refractivity contribution in [1.29, 1.82) is 0 Å². The first-order valence-electron chi connectivity index (χ1n) is 10.7. The molecule has 32 heavy (non-hydrogen) atoms. The molecule has 0 N–H and O–H groups in total. The Kier molecular flexibility index (Phi) is 6.96. The molecular weight excluding hydrogens is 442 g/mol. The zero-order valence-electron chi connectivity index (χ0n) is 18.1. The van der Waals surface area contributed by atoms with Crippen molar-refractivity contribution in [3.05, 3.63) is 64.1 Å². The van der Waals surface area contributed by atoms with Gasteiger partial charge in [-0.3, -0.25) is 9.69 Å². The van der Waals surface area contributed by atoms with E-state index in [2.05, 4.69) is 0 Å². The smallest absolute Gasteiger partial charge is 0.343 e. The van der Waals surface area contributed by atoms with E-state index in [4.69, 9.17) is 21.7 Å². The fourth-order valence-electron chi connectivity index (χ4n) is 3.99. The summed E-state index contributed by atoms with van der Waals surface area (Å²) in [6, 6.07) is 12.6. The molecule has 2 aromatic carbocycles. The number of thiocarbonyl (C=S) groups is 1. The van der Waals surface area contributed by atoms with Gasteiger partial charge in [0.1, 0.15) is 4.32 Å². The number of esters is 1. The van der Waals surface area contributed by atoms with E-state index >= 15 is 0 Å². The molecule has 0 radical (unpaired) electrons. The van der Waals surface area contributed by atoms with Gasteiger partial charge in [-0.2, -0.15) is 0 Å². The molecule has 0 spiro atoms. The molecule has 0 unspecified atom stereocenters. The number of nitrogens with zero attached hydrogens (tertiary/aromatic N) is 1. The van der Waals surface area contributed by atoms with Crippen LogP contribution in [0.3, 0.4) is 0 Å². The Balaban J connectivity index is 1.51. The van der Waals surface area contributed by atoms with Gasteiger partial charge in [0.15, 0.2) is 11.5 Å². The Bertz CT molecular complexity index is 1070. The summed E-state index contributed by atoms with van der Waals surface area (Å²) < 4.78 is 11.6. The topological polar surface area (TPSA) is 55.8 Å². The lowest BCUT2D eigenvalue weighted by atomic mass is 9.94. The maximum Gasteiger partial charge on any atom is 0.343 e. The third-order valence-electron chi connectivity index (χ3n) is 5.74. The van der Waals surface area contributed by atoms with E-state index in [0.29, 0.717) is 26.3 Å². The summed E-state index contributed by atoms with van der Waals surface area (Å²) in [5.74, 6) is 0.261. The minimum atomic E-state index is -0.454.